The summed E-state index contributed by atoms with van der Waals surface area (Å²) in [5.74, 6) is -0.211. The Labute approximate surface area is 143 Å². The van der Waals surface area contributed by atoms with Gasteiger partial charge in [-0.2, -0.15) is 0 Å². The molecule has 0 unspecified atom stereocenters. The molecule has 0 heterocycles. The van der Waals surface area contributed by atoms with Gasteiger partial charge in [-0.25, -0.2) is 0 Å². The fourth-order valence-electron chi connectivity index (χ4n) is 2.04. The molecule has 1 rings (SSSR count). The Morgan fingerprint density at radius 3 is 2.50 bits per heavy atom. The zero-order chi connectivity index (χ0) is 18.1. The highest BCUT2D eigenvalue weighted by Crippen LogP contribution is 2.17. The largest absolute Gasteiger partial charge is 0.398 e. The van der Waals surface area contributed by atoms with Gasteiger partial charge in [0.2, 0.25) is 0 Å². The standard InChI is InChI=1S/C18H27N5O/c1-13(2)18(24)22-16-7-5-14(6-8-16)17(20)15(11-19)12-23(4)10-9-21-3/h5-8,11,19,21H,1,9-10,12,20H2,2-4H3,(H,22,24). The highest BCUT2D eigenvalue weighted by molar-refractivity contribution is 6.02. The lowest BCUT2D eigenvalue weighted by atomic mass is 10.1. The monoisotopic (exact) mass is 329 g/mol. The molecule has 0 aliphatic rings. The Morgan fingerprint density at radius 2 is 2.00 bits per heavy atom. The third-order valence-electron chi connectivity index (χ3n) is 3.55. The molecule has 5 N–H and O–H groups in total. The second-order valence-corrected chi connectivity index (χ2v) is 5.74. The number of nitrogens with zero attached hydrogens (tertiary/aromatic N) is 1. The van der Waals surface area contributed by atoms with Crippen LogP contribution in [0.3, 0.4) is 0 Å². The van der Waals surface area contributed by atoms with E-state index in [1.807, 2.05) is 26.2 Å². The van der Waals surface area contributed by atoms with Crippen LogP contribution in [0.4, 0.5) is 5.69 Å². The maximum atomic E-state index is 11.6. The molecule has 0 radical (unpaired) electrons. The minimum Gasteiger partial charge on any atom is -0.398 e. The second kappa shape index (κ2) is 9.64. The summed E-state index contributed by atoms with van der Waals surface area (Å²) in [6, 6.07) is 7.24. The first-order valence-corrected chi connectivity index (χ1v) is 7.78. The molecule has 0 atom stereocenters. The van der Waals surface area contributed by atoms with E-state index in [4.69, 9.17) is 11.1 Å². The van der Waals surface area contributed by atoms with Crippen LogP contribution in [-0.2, 0) is 4.79 Å². The molecular weight excluding hydrogens is 302 g/mol. The summed E-state index contributed by atoms with van der Waals surface area (Å²) in [6.45, 7) is 7.61. The Kier molecular flexibility index (Phi) is 7.88. The van der Waals surface area contributed by atoms with Crippen LogP contribution < -0.4 is 16.4 Å². The summed E-state index contributed by atoms with van der Waals surface area (Å²) in [4.78, 5) is 13.7. The van der Waals surface area contributed by atoms with Gasteiger partial charge >= 0.3 is 0 Å². The number of likely N-dealkylation sites (N-methyl/N-ethyl adjacent to an activating group) is 2. The Balaban J connectivity index is 2.87. The predicted octanol–water partition coefficient (Wildman–Crippen LogP) is 1.67. The molecule has 6 heteroatoms. The third kappa shape index (κ3) is 5.98. The number of nitrogens with two attached hydrogens (primary N) is 1. The van der Waals surface area contributed by atoms with E-state index in [0.29, 0.717) is 23.5 Å². The Bertz CT molecular complexity index is 619. The maximum Gasteiger partial charge on any atom is 0.250 e. The van der Waals surface area contributed by atoms with Crippen LogP contribution in [0.2, 0.25) is 0 Å². The molecule has 0 aromatic heterocycles. The molecule has 1 aromatic carbocycles. The summed E-state index contributed by atoms with van der Waals surface area (Å²) < 4.78 is 0. The molecule has 6 nitrogen and oxygen atoms in total. The lowest BCUT2D eigenvalue weighted by Crippen LogP contribution is -2.30. The third-order valence-corrected chi connectivity index (χ3v) is 3.55. The SMILES string of the molecule is C=C(C)C(=O)Nc1ccc(C(N)=C(C=N)CN(C)CCNC)cc1. The number of hydrogen-bond acceptors (Lipinski definition) is 5. The van der Waals surface area contributed by atoms with E-state index in [1.165, 1.54) is 6.21 Å². The predicted molar refractivity (Wildman–Crippen MR) is 101 cm³/mol. The van der Waals surface area contributed by atoms with Crippen molar-refractivity contribution in [2.24, 2.45) is 5.73 Å². The fraction of sp³-hybridized carbons (Fsp3) is 0.333. The Hall–Kier alpha value is -2.44. The lowest BCUT2D eigenvalue weighted by molar-refractivity contribution is -0.112. The van der Waals surface area contributed by atoms with Crippen LogP contribution in [0.1, 0.15) is 12.5 Å². The van der Waals surface area contributed by atoms with E-state index in [-0.39, 0.29) is 5.91 Å². The highest BCUT2D eigenvalue weighted by atomic mass is 16.1. The molecule has 0 aliphatic heterocycles. The van der Waals surface area contributed by atoms with E-state index in [9.17, 15) is 4.79 Å². The number of rotatable bonds is 9. The number of anilines is 1. The molecule has 0 spiro atoms. The van der Waals surface area contributed by atoms with Crippen LogP contribution in [0.5, 0.6) is 0 Å². The molecule has 1 amide bonds. The van der Waals surface area contributed by atoms with E-state index in [2.05, 4.69) is 22.1 Å². The van der Waals surface area contributed by atoms with E-state index in [0.717, 1.165) is 24.2 Å². The van der Waals surface area contributed by atoms with Crippen LogP contribution in [0.15, 0.2) is 42.0 Å². The average molecular weight is 329 g/mol. The van der Waals surface area contributed by atoms with Gasteiger partial charge in [0.05, 0.1) is 0 Å². The van der Waals surface area contributed by atoms with Crippen LogP contribution in [0.25, 0.3) is 5.70 Å². The zero-order valence-electron chi connectivity index (χ0n) is 14.6. The van der Waals surface area contributed by atoms with Crippen molar-refractivity contribution in [1.29, 1.82) is 5.41 Å². The summed E-state index contributed by atoms with van der Waals surface area (Å²) in [5.41, 5.74) is 9.49. The summed E-state index contributed by atoms with van der Waals surface area (Å²) >= 11 is 0. The summed E-state index contributed by atoms with van der Waals surface area (Å²) in [7, 11) is 3.90. The number of carbonyl (C=O) groups excluding carboxylic acids is 1. The van der Waals surface area contributed by atoms with Crippen LogP contribution >= 0.6 is 0 Å². The van der Waals surface area contributed by atoms with Crippen molar-refractivity contribution in [2.75, 3.05) is 39.0 Å². The van der Waals surface area contributed by atoms with E-state index < -0.39 is 0 Å². The van der Waals surface area contributed by atoms with Gasteiger partial charge in [-0.1, -0.05) is 18.7 Å². The van der Waals surface area contributed by atoms with Gasteiger partial charge in [-0.15, -0.1) is 0 Å². The first-order chi connectivity index (χ1) is 11.4. The Morgan fingerprint density at radius 1 is 1.38 bits per heavy atom. The van der Waals surface area contributed by atoms with E-state index in [1.54, 1.807) is 19.1 Å². The highest BCUT2D eigenvalue weighted by Gasteiger charge is 2.08. The normalized spacial score (nSPS) is 11.8. The summed E-state index contributed by atoms with van der Waals surface area (Å²) in [6.07, 6.45) is 1.29. The minimum atomic E-state index is -0.211. The number of benzene rings is 1. The van der Waals surface area contributed by atoms with Crippen molar-refractivity contribution in [3.8, 4) is 0 Å². The fourth-order valence-corrected chi connectivity index (χ4v) is 2.04. The lowest BCUT2D eigenvalue weighted by Gasteiger charge is -2.18. The van der Waals surface area contributed by atoms with Crippen molar-refractivity contribution in [3.63, 3.8) is 0 Å². The molecule has 0 bridgehead atoms. The van der Waals surface area contributed by atoms with Crippen molar-refractivity contribution < 1.29 is 4.79 Å². The summed E-state index contributed by atoms with van der Waals surface area (Å²) in [5, 5.41) is 13.5. The zero-order valence-corrected chi connectivity index (χ0v) is 14.6. The average Bonchev–Trinajstić information content (AvgIpc) is 2.57. The molecule has 0 saturated heterocycles. The van der Waals surface area contributed by atoms with E-state index >= 15 is 0 Å². The first-order valence-electron chi connectivity index (χ1n) is 7.78. The topological polar surface area (TPSA) is 94.2 Å². The molecule has 24 heavy (non-hydrogen) atoms. The van der Waals surface area contributed by atoms with Gasteiger partial charge in [0.15, 0.2) is 0 Å². The smallest absolute Gasteiger partial charge is 0.250 e. The maximum absolute atomic E-state index is 11.6. The van der Waals surface area contributed by atoms with Crippen molar-refractivity contribution in [1.82, 2.24) is 10.2 Å². The van der Waals surface area contributed by atoms with Gasteiger partial charge in [0, 0.05) is 48.4 Å². The van der Waals surface area contributed by atoms with Gasteiger partial charge in [0.1, 0.15) is 0 Å². The number of hydrogen-bond donors (Lipinski definition) is 4. The number of nitrogens with one attached hydrogen (secondary N) is 3. The molecule has 0 saturated carbocycles. The second-order valence-electron chi connectivity index (χ2n) is 5.74. The molecule has 0 fully saturated rings. The molecule has 130 valence electrons. The number of carbonyl (C=O) groups is 1. The van der Waals surface area contributed by atoms with Gasteiger partial charge in [-0.05, 0) is 38.7 Å². The van der Waals surface area contributed by atoms with Crippen LogP contribution in [0, 0.1) is 5.41 Å². The van der Waals surface area contributed by atoms with Crippen molar-refractivity contribution in [3.05, 3.63) is 47.6 Å². The molecule has 0 aliphatic carbocycles. The van der Waals surface area contributed by atoms with Crippen molar-refractivity contribution >= 4 is 23.5 Å². The minimum absolute atomic E-state index is 0.211. The van der Waals surface area contributed by atoms with Gasteiger partial charge < -0.3 is 26.7 Å². The molecule has 1 aromatic rings. The number of amides is 1. The van der Waals surface area contributed by atoms with Crippen molar-refractivity contribution in [2.45, 2.75) is 6.92 Å². The van der Waals surface area contributed by atoms with Crippen LogP contribution in [-0.4, -0.2) is 50.8 Å². The molecular formula is C18H27N5O. The van der Waals surface area contributed by atoms with Gasteiger partial charge in [-0.3, -0.25) is 4.79 Å². The first kappa shape index (κ1) is 19.6. The van der Waals surface area contributed by atoms with Gasteiger partial charge in [0.25, 0.3) is 5.91 Å². The quantitative estimate of drug-likeness (QED) is 0.409.